The summed E-state index contributed by atoms with van der Waals surface area (Å²) in [5, 5.41) is 21.1. The van der Waals surface area contributed by atoms with Crippen molar-refractivity contribution >= 4 is 23.3 Å². The number of rotatable bonds is 3. The second-order valence-electron chi connectivity index (χ2n) is 4.09. The molecule has 0 atom stereocenters. The fraction of sp³-hybridized carbons (Fsp3) is 0.300. The quantitative estimate of drug-likeness (QED) is 0.828. The molecule has 1 saturated heterocycles. The molecule has 0 radical (unpaired) electrons. The van der Waals surface area contributed by atoms with Gasteiger partial charge in [0, 0.05) is 13.1 Å². The van der Waals surface area contributed by atoms with E-state index in [-0.39, 0.29) is 22.8 Å². The molecule has 1 amide bonds. The Morgan fingerprint density at radius 1 is 1.37 bits per heavy atom. The topological polar surface area (TPSA) is 97.6 Å². The van der Waals surface area contributed by atoms with Crippen molar-refractivity contribution in [1.82, 2.24) is 30.5 Å². The van der Waals surface area contributed by atoms with Gasteiger partial charge in [0.05, 0.1) is 12.2 Å². The predicted octanol–water partition coefficient (Wildman–Crippen LogP) is 0.118. The van der Waals surface area contributed by atoms with Crippen LogP contribution in [-0.2, 0) is 0 Å². The van der Waals surface area contributed by atoms with Gasteiger partial charge in [-0.25, -0.2) is 4.68 Å². The zero-order valence-corrected chi connectivity index (χ0v) is 10.5. The lowest BCUT2D eigenvalue weighted by Gasteiger charge is -2.26. The zero-order valence-electron chi connectivity index (χ0n) is 9.75. The smallest absolute Gasteiger partial charge is 0.279 e. The molecular weight excluding hydrogens is 270 g/mol. The van der Waals surface area contributed by atoms with Gasteiger partial charge < -0.3 is 10.6 Å². The average Bonchev–Trinajstić information content (AvgIpc) is 2.79. The largest absolute Gasteiger partial charge is 0.312 e. The molecule has 3 rings (SSSR count). The minimum atomic E-state index is -0.379. The first-order chi connectivity index (χ1) is 9.22. The Morgan fingerprint density at radius 3 is 2.84 bits per heavy atom. The van der Waals surface area contributed by atoms with Gasteiger partial charge in [-0.3, -0.25) is 4.79 Å². The summed E-state index contributed by atoms with van der Waals surface area (Å²) in [6.07, 6.45) is 1.62. The highest BCUT2D eigenvalue weighted by Gasteiger charge is 2.21. The first kappa shape index (κ1) is 12.0. The number of nitrogens with one attached hydrogen (secondary N) is 2. The number of halogens is 1. The first-order valence-electron chi connectivity index (χ1n) is 5.65. The summed E-state index contributed by atoms with van der Waals surface area (Å²) in [7, 11) is 0. The third kappa shape index (κ3) is 2.54. The molecule has 2 N–H and O–H groups in total. The van der Waals surface area contributed by atoms with Crippen molar-refractivity contribution in [3.8, 4) is 0 Å². The molecule has 0 spiro atoms. The van der Waals surface area contributed by atoms with Crippen LogP contribution in [-0.4, -0.2) is 44.2 Å². The number of hydrogen-bond acceptors (Lipinski definition) is 6. The van der Waals surface area contributed by atoms with Crippen molar-refractivity contribution in [2.75, 3.05) is 18.4 Å². The summed E-state index contributed by atoms with van der Waals surface area (Å²) < 4.78 is 1.68. The van der Waals surface area contributed by atoms with Crippen LogP contribution in [0.1, 0.15) is 16.5 Å². The SMILES string of the molecule is O=C(Nc1ccc(Cl)nn1)c1cn(C2CNC2)nn1. The van der Waals surface area contributed by atoms with Crippen molar-refractivity contribution in [2.45, 2.75) is 6.04 Å². The Kier molecular flexibility index (Phi) is 3.10. The standard InChI is InChI=1S/C10H10ClN7O/c11-8-1-2-9(16-15-8)13-10(19)7-5-18(17-14-7)6-3-12-4-6/h1-2,5-6,12H,3-4H2,(H,13,16,19). The number of carbonyl (C=O) groups excluding carboxylic acids is 1. The van der Waals surface area contributed by atoms with Crippen molar-refractivity contribution < 1.29 is 4.79 Å². The molecule has 98 valence electrons. The fourth-order valence-corrected chi connectivity index (χ4v) is 1.68. The van der Waals surface area contributed by atoms with Gasteiger partial charge in [0.15, 0.2) is 16.7 Å². The van der Waals surface area contributed by atoms with Gasteiger partial charge in [-0.1, -0.05) is 16.8 Å². The van der Waals surface area contributed by atoms with E-state index in [1.54, 1.807) is 23.0 Å². The highest BCUT2D eigenvalue weighted by molar-refractivity contribution is 6.29. The van der Waals surface area contributed by atoms with Crippen LogP contribution in [0.5, 0.6) is 0 Å². The summed E-state index contributed by atoms with van der Waals surface area (Å²) in [6, 6.07) is 3.37. The van der Waals surface area contributed by atoms with E-state index >= 15 is 0 Å². The van der Waals surface area contributed by atoms with Crippen molar-refractivity contribution in [3.05, 3.63) is 29.2 Å². The monoisotopic (exact) mass is 279 g/mol. The summed E-state index contributed by atoms with van der Waals surface area (Å²) in [6.45, 7) is 1.68. The molecule has 3 heterocycles. The number of carbonyl (C=O) groups is 1. The molecular formula is C10H10ClN7O. The third-order valence-corrected chi connectivity index (χ3v) is 2.95. The van der Waals surface area contributed by atoms with E-state index in [1.165, 1.54) is 0 Å². The van der Waals surface area contributed by atoms with Crippen molar-refractivity contribution in [2.24, 2.45) is 0 Å². The van der Waals surface area contributed by atoms with E-state index < -0.39 is 0 Å². The molecule has 0 unspecified atom stereocenters. The van der Waals surface area contributed by atoms with Gasteiger partial charge in [0.2, 0.25) is 0 Å². The summed E-state index contributed by atoms with van der Waals surface area (Å²) in [5.41, 5.74) is 0.239. The Labute approximate surface area is 113 Å². The molecule has 2 aromatic heterocycles. The highest BCUT2D eigenvalue weighted by Crippen LogP contribution is 2.11. The lowest BCUT2D eigenvalue weighted by atomic mass is 10.2. The van der Waals surface area contributed by atoms with Crippen molar-refractivity contribution in [3.63, 3.8) is 0 Å². The van der Waals surface area contributed by atoms with Crippen LogP contribution in [0.3, 0.4) is 0 Å². The van der Waals surface area contributed by atoms with E-state index in [4.69, 9.17) is 11.6 Å². The summed E-state index contributed by atoms with van der Waals surface area (Å²) in [4.78, 5) is 11.9. The van der Waals surface area contributed by atoms with Gasteiger partial charge in [-0.05, 0) is 12.1 Å². The van der Waals surface area contributed by atoms with E-state index in [0.717, 1.165) is 13.1 Å². The van der Waals surface area contributed by atoms with Crippen LogP contribution in [0.25, 0.3) is 0 Å². The van der Waals surface area contributed by atoms with Gasteiger partial charge in [-0.2, -0.15) is 0 Å². The summed E-state index contributed by atoms with van der Waals surface area (Å²) >= 11 is 5.61. The Balaban J connectivity index is 1.69. The number of aromatic nitrogens is 5. The summed E-state index contributed by atoms with van der Waals surface area (Å²) in [5.74, 6) is -0.0654. The molecule has 9 heteroatoms. The predicted molar refractivity (Wildman–Crippen MR) is 66.9 cm³/mol. The van der Waals surface area contributed by atoms with Crippen LogP contribution in [0.2, 0.25) is 5.15 Å². The molecule has 8 nitrogen and oxygen atoms in total. The number of hydrogen-bond donors (Lipinski definition) is 2. The van der Waals surface area contributed by atoms with Crippen molar-refractivity contribution in [1.29, 1.82) is 0 Å². The van der Waals surface area contributed by atoms with E-state index in [2.05, 4.69) is 31.1 Å². The van der Waals surface area contributed by atoms with Crippen LogP contribution < -0.4 is 10.6 Å². The van der Waals surface area contributed by atoms with E-state index in [9.17, 15) is 4.79 Å². The first-order valence-corrected chi connectivity index (χ1v) is 6.03. The van der Waals surface area contributed by atoms with Crippen LogP contribution in [0.15, 0.2) is 18.3 Å². The molecule has 1 aliphatic heterocycles. The fourth-order valence-electron chi connectivity index (χ4n) is 1.58. The molecule has 0 bridgehead atoms. The van der Waals surface area contributed by atoms with E-state index in [0.29, 0.717) is 5.82 Å². The molecule has 1 fully saturated rings. The molecule has 0 aromatic carbocycles. The lowest BCUT2D eigenvalue weighted by Crippen LogP contribution is -2.43. The molecule has 1 aliphatic rings. The highest BCUT2D eigenvalue weighted by atomic mass is 35.5. The number of nitrogens with zero attached hydrogens (tertiary/aromatic N) is 5. The Bertz CT molecular complexity index is 592. The maximum absolute atomic E-state index is 11.9. The number of anilines is 1. The third-order valence-electron chi connectivity index (χ3n) is 2.75. The minimum Gasteiger partial charge on any atom is -0.312 e. The molecule has 0 aliphatic carbocycles. The Morgan fingerprint density at radius 2 is 2.21 bits per heavy atom. The lowest BCUT2D eigenvalue weighted by molar-refractivity contribution is 0.102. The minimum absolute atomic E-state index is 0.239. The Hall–Kier alpha value is -2.06. The number of amides is 1. The van der Waals surface area contributed by atoms with E-state index in [1.807, 2.05) is 0 Å². The molecule has 2 aromatic rings. The van der Waals surface area contributed by atoms with Crippen LogP contribution in [0, 0.1) is 0 Å². The zero-order chi connectivity index (χ0) is 13.2. The van der Waals surface area contributed by atoms with Gasteiger partial charge in [0.25, 0.3) is 5.91 Å². The molecule has 19 heavy (non-hydrogen) atoms. The van der Waals surface area contributed by atoms with Gasteiger partial charge in [0.1, 0.15) is 0 Å². The maximum atomic E-state index is 11.9. The molecule has 0 saturated carbocycles. The van der Waals surface area contributed by atoms with Gasteiger partial charge >= 0.3 is 0 Å². The second kappa shape index (κ2) is 4.90. The van der Waals surface area contributed by atoms with Gasteiger partial charge in [-0.15, -0.1) is 15.3 Å². The maximum Gasteiger partial charge on any atom is 0.279 e. The second-order valence-corrected chi connectivity index (χ2v) is 4.48. The average molecular weight is 280 g/mol. The van der Waals surface area contributed by atoms with Crippen LogP contribution >= 0.6 is 11.6 Å². The van der Waals surface area contributed by atoms with Crippen LogP contribution in [0.4, 0.5) is 5.82 Å². The normalized spacial score (nSPS) is 15.0.